The first-order valence-electron chi connectivity index (χ1n) is 26.9. The molecule has 2 aliphatic carbocycles. The number of aromatic hydroxyl groups is 2. The molecular formula is C55H70N8O20. The van der Waals surface area contributed by atoms with Crippen LogP contribution in [0.15, 0.2) is 42.5 Å². The van der Waals surface area contributed by atoms with Crippen LogP contribution < -0.4 is 32.2 Å². The van der Waals surface area contributed by atoms with Gasteiger partial charge in [0.2, 0.25) is 23.4 Å². The number of carbonyl (C=O) groups is 8. The number of ketones is 3. The number of Topliss-reactive ketones (excluding diaryl/α,β-unsaturated/α-hetero) is 1. The smallest absolute Gasteiger partial charge is 0.434 e. The van der Waals surface area contributed by atoms with E-state index in [1.807, 2.05) is 0 Å². The first-order valence-corrected chi connectivity index (χ1v) is 26.9. The van der Waals surface area contributed by atoms with Gasteiger partial charge in [-0.05, 0) is 49.4 Å². The summed E-state index contributed by atoms with van der Waals surface area (Å²) in [6.45, 7) is 4.44. The Bertz CT molecular complexity index is 2980. The van der Waals surface area contributed by atoms with Crippen molar-refractivity contribution in [2.75, 3.05) is 66.7 Å². The number of carbonyl (C=O) groups excluding carboxylic acids is 8. The number of methoxy groups -OCH3 is 2. The van der Waals surface area contributed by atoms with Crippen molar-refractivity contribution < 1.29 is 96.4 Å². The molecule has 3 aromatic carbocycles. The maximum atomic E-state index is 14.3. The zero-order valence-corrected chi connectivity index (χ0v) is 46.9. The van der Waals surface area contributed by atoms with E-state index in [0.29, 0.717) is 35.9 Å². The number of nitrogens with one attached hydrogen (secondary N) is 3. The number of nitrogens with zero attached hydrogens (tertiary/aromatic N) is 3. The van der Waals surface area contributed by atoms with Crippen LogP contribution in [-0.4, -0.2) is 194 Å². The molecule has 0 radical (unpaired) electrons. The van der Waals surface area contributed by atoms with Crippen LogP contribution >= 0.6 is 0 Å². The number of amides is 6. The van der Waals surface area contributed by atoms with Gasteiger partial charge < -0.3 is 80.6 Å². The number of nitrogens with two attached hydrogens (primary N) is 2. The molecule has 0 saturated carbocycles. The summed E-state index contributed by atoms with van der Waals surface area (Å²) in [5, 5.41) is 45.0. The van der Waals surface area contributed by atoms with E-state index in [1.54, 1.807) is 45.0 Å². The van der Waals surface area contributed by atoms with E-state index in [4.69, 9.17) is 54.2 Å². The molecule has 3 heterocycles. The van der Waals surface area contributed by atoms with Crippen LogP contribution in [0.5, 0.6) is 17.2 Å². The summed E-state index contributed by atoms with van der Waals surface area (Å²) in [5.74, 6) is -5.46. The van der Waals surface area contributed by atoms with E-state index in [2.05, 4.69) is 20.9 Å². The summed E-state index contributed by atoms with van der Waals surface area (Å²) < 4.78 is 46.5. The molecule has 6 amide bonds. The molecular weight excluding hydrogens is 1090 g/mol. The van der Waals surface area contributed by atoms with Gasteiger partial charge in [-0.3, -0.25) is 33.8 Å². The Morgan fingerprint density at radius 2 is 1.65 bits per heavy atom. The molecule has 0 spiro atoms. The molecule has 28 heteroatoms. The van der Waals surface area contributed by atoms with Crippen molar-refractivity contribution in [2.45, 2.75) is 120 Å². The average Bonchev–Trinajstić information content (AvgIpc) is 3.88. The number of hydroxylamine groups is 2. The minimum atomic E-state index is -2.50. The molecule has 0 bridgehead atoms. The Kier molecular flexibility index (Phi) is 19.2. The van der Waals surface area contributed by atoms with E-state index in [0.717, 1.165) is 4.90 Å². The largest absolute Gasteiger partial charge is 0.507 e. The summed E-state index contributed by atoms with van der Waals surface area (Å²) in [7, 11) is 5.25. The van der Waals surface area contributed by atoms with Gasteiger partial charge in [0, 0.05) is 82.0 Å². The third kappa shape index (κ3) is 13.1. The minimum Gasteiger partial charge on any atom is -0.507 e. The van der Waals surface area contributed by atoms with E-state index in [9.17, 15) is 53.7 Å². The number of benzene rings is 3. The number of ether oxygens (including phenoxy) is 8. The summed E-state index contributed by atoms with van der Waals surface area (Å²) in [6, 6.07) is 7.68. The average molecular weight is 1160 g/mol. The Balaban J connectivity index is 0.890. The molecule has 3 fully saturated rings. The fourth-order valence-corrected chi connectivity index (χ4v) is 10.7. The number of fused-ring (bicyclic) bond motifs is 6. The predicted octanol–water partition coefficient (Wildman–Crippen LogP) is 1.80. The van der Waals surface area contributed by atoms with Crippen LogP contribution in [-0.2, 0) is 65.4 Å². The molecule has 10 N–H and O–H groups in total. The maximum Gasteiger partial charge on any atom is 0.434 e. The highest BCUT2D eigenvalue weighted by Crippen LogP contribution is 2.53. The van der Waals surface area contributed by atoms with Gasteiger partial charge in [0.1, 0.15) is 41.6 Å². The van der Waals surface area contributed by atoms with Crippen molar-refractivity contribution in [3.63, 3.8) is 0 Å². The molecule has 450 valence electrons. The number of rotatable bonds is 21. The van der Waals surface area contributed by atoms with E-state index in [1.165, 1.54) is 46.5 Å². The molecule has 8 rings (SSSR count). The van der Waals surface area contributed by atoms with Gasteiger partial charge in [-0.15, -0.1) is 0 Å². The van der Waals surface area contributed by atoms with Crippen LogP contribution in [0.25, 0.3) is 0 Å². The summed E-state index contributed by atoms with van der Waals surface area (Å²) >= 11 is 0. The second-order valence-electron chi connectivity index (χ2n) is 21.1. The highest BCUT2D eigenvalue weighted by Gasteiger charge is 2.55. The zero-order valence-electron chi connectivity index (χ0n) is 46.9. The number of hydrogen-bond donors (Lipinski definition) is 8. The molecule has 3 saturated heterocycles. The number of aliphatic hydroxyl groups is 1. The lowest BCUT2D eigenvalue weighted by Gasteiger charge is -2.43. The Hall–Kier alpha value is -7.54. The third-order valence-electron chi connectivity index (χ3n) is 15.2. The van der Waals surface area contributed by atoms with E-state index < -0.39 is 151 Å². The van der Waals surface area contributed by atoms with E-state index >= 15 is 0 Å². The first kappa shape index (κ1) is 61.5. The van der Waals surface area contributed by atoms with Crippen molar-refractivity contribution in [2.24, 2.45) is 17.4 Å². The molecule has 5 aliphatic rings. The molecule has 83 heavy (non-hydrogen) atoms. The standard InChI is InChI=1S/C55H70N8O20/c1-26(2)42(56)49(70)60-32(11-9-17-58-52(57)71)48(69)59-29-15-13-28(14-16-29)23-78-54(73)62(5)80-25-61(4)53(72)79-24-36(64)55(74)21-31-39(46(68)41-40(44(31)66)43(65)30-10-8-12-34(75-6)38(30)45(41)67)35(22-55)82-37-20-33-47(27(3)81-37)83-50-51(76-7)77-19-18-63(33)50/h8,10,12-16,26-27,32-33,35,37,42,47,50-51,66,68,74H,9,11,17-25,56H2,1-7H3,(H,59,69)(H,60,70)(H3,57,58,71)/t27-,32-,33-,35-,37-,42-,47+,50+,51-,55-/m0/s1. The number of phenolic OH excluding ortho intramolecular Hbond substituents is 2. The number of anilines is 1. The van der Waals surface area contributed by atoms with Gasteiger partial charge in [-0.2, -0.15) is 5.06 Å². The van der Waals surface area contributed by atoms with Crippen LogP contribution in [0, 0.1) is 5.92 Å². The summed E-state index contributed by atoms with van der Waals surface area (Å²) in [6.07, 6.45) is -7.62. The number of primary amides is 1. The highest BCUT2D eigenvalue weighted by molar-refractivity contribution is 6.31. The lowest BCUT2D eigenvalue weighted by atomic mass is 9.72. The van der Waals surface area contributed by atoms with Crippen LogP contribution in [0.3, 0.4) is 0 Å². The maximum absolute atomic E-state index is 14.3. The summed E-state index contributed by atoms with van der Waals surface area (Å²) in [5.41, 5.74) is 7.68. The number of morpholine rings is 1. The third-order valence-corrected chi connectivity index (χ3v) is 15.2. The SMILES string of the molecule is COc1cccc2c1C(=O)c1c(O)c3c(c(O)c1C2=O)C[C@@](O)(C(=O)COC(=O)N(C)CON(C)C(=O)OCc1ccc(NC(=O)[C@H](CCCNC(N)=O)NC(=O)[C@@H](N)C(C)C)cc1)C[C@@H]3O[C@H]1C[C@H]2[C@H](O[C@@H]3[C@@H](OC)OCCN32)[C@H](C)O1. The van der Waals surface area contributed by atoms with Gasteiger partial charge >= 0.3 is 18.2 Å². The molecule has 0 unspecified atom stereocenters. The van der Waals surface area contributed by atoms with Gasteiger partial charge in [0.05, 0.1) is 48.7 Å². The molecule has 0 aromatic heterocycles. The second kappa shape index (κ2) is 25.9. The van der Waals surface area contributed by atoms with Gasteiger partial charge in [0.25, 0.3) is 0 Å². The number of hydrogen-bond acceptors (Lipinski definition) is 22. The quantitative estimate of drug-likeness (QED) is 0.0255. The minimum absolute atomic E-state index is 0.0461. The second-order valence-corrected chi connectivity index (χ2v) is 21.1. The Morgan fingerprint density at radius 1 is 0.928 bits per heavy atom. The zero-order chi connectivity index (χ0) is 60.2. The van der Waals surface area contributed by atoms with Gasteiger partial charge in [-0.1, -0.05) is 38.1 Å². The number of urea groups is 1. The van der Waals surface area contributed by atoms with Crippen molar-refractivity contribution >= 4 is 53.1 Å². The van der Waals surface area contributed by atoms with Crippen LogP contribution in [0.1, 0.15) is 101 Å². The van der Waals surface area contributed by atoms with Crippen molar-refractivity contribution in [1.29, 1.82) is 0 Å². The lowest BCUT2D eigenvalue weighted by molar-refractivity contribution is -0.256. The monoisotopic (exact) mass is 1160 g/mol. The Labute approximate surface area is 476 Å². The van der Waals surface area contributed by atoms with Crippen LogP contribution in [0.2, 0.25) is 0 Å². The van der Waals surface area contributed by atoms with Crippen molar-refractivity contribution in [1.82, 2.24) is 25.5 Å². The molecule has 3 aliphatic heterocycles. The molecule has 28 nitrogen and oxygen atoms in total. The van der Waals surface area contributed by atoms with Gasteiger partial charge in [0.15, 0.2) is 37.9 Å². The Morgan fingerprint density at radius 3 is 2.34 bits per heavy atom. The van der Waals surface area contributed by atoms with Gasteiger partial charge in [-0.25, -0.2) is 19.2 Å². The molecule has 10 atom stereocenters. The van der Waals surface area contributed by atoms with Crippen LogP contribution in [0.4, 0.5) is 20.1 Å². The fourth-order valence-electron chi connectivity index (χ4n) is 10.7. The van der Waals surface area contributed by atoms with E-state index in [-0.39, 0.29) is 66.0 Å². The predicted molar refractivity (Wildman–Crippen MR) is 286 cm³/mol. The number of phenols is 2. The topological polar surface area (TPSA) is 378 Å². The first-order chi connectivity index (χ1) is 39.5. The van der Waals surface area contributed by atoms with Crippen molar-refractivity contribution in [3.05, 3.63) is 81.4 Å². The van der Waals surface area contributed by atoms with Crippen molar-refractivity contribution in [3.8, 4) is 17.2 Å². The highest BCUT2D eigenvalue weighted by atomic mass is 16.7. The fraction of sp³-hybridized carbons (Fsp3) is 0.527. The molecule has 3 aromatic rings. The normalized spacial score (nSPS) is 24.1. The summed E-state index contributed by atoms with van der Waals surface area (Å²) in [4.78, 5) is 114. The lowest BCUT2D eigenvalue weighted by Crippen LogP contribution is -2.55.